The normalized spacial score (nSPS) is 25.4. The zero-order valence-electron chi connectivity index (χ0n) is 33.4. The number of benzene rings is 3. The Morgan fingerprint density at radius 2 is 1.26 bits per heavy atom. The topological polar surface area (TPSA) is 146 Å². The summed E-state index contributed by atoms with van der Waals surface area (Å²) in [4.78, 5) is 40.6. The van der Waals surface area contributed by atoms with Crippen LogP contribution in [0.2, 0.25) is 0 Å². The van der Waals surface area contributed by atoms with Crippen LogP contribution in [-0.4, -0.2) is 87.5 Å². The molecule has 2 aliphatic heterocycles. The van der Waals surface area contributed by atoms with Crippen LogP contribution in [-0.2, 0) is 46.4 Å². The minimum absolute atomic E-state index is 0.0671. The summed E-state index contributed by atoms with van der Waals surface area (Å²) in [6, 6.07) is 28.8. The molecule has 57 heavy (non-hydrogen) atoms. The van der Waals surface area contributed by atoms with Gasteiger partial charge in [-0.2, -0.15) is 4.57 Å². The second-order valence-electron chi connectivity index (χ2n) is 16.3. The number of aliphatic hydroxyl groups excluding tert-OH is 1. The van der Waals surface area contributed by atoms with Gasteiger partial charge in [-0.05, 0) is 64.8 Å². The van der Waals surface area contributed by atoms with E-state index in [0.29, 0.717) is 17.8 Å². The van der Waals surface area contributed by atoms with Crippen molar-refractivity contribution < 1.29 is 43.1 Å². The second-order valence-corrected chi connectivity index (χ2v) is 16.3. The largest absolute Gasteiger partial charge is 0.394 e. The fraction of sp³-hybridized carbons (Fsp3) is 0.477. The molecule has 2 saturated heterocycles. The van der Waals surface area contributed by atoms with E-state index in [1.54, 1.807) is 18.2 Å². The van der Waals surface area contributed by atoms with Gasteiger partial charge in [-0.3, -0.25) is 14.2 Å². The van der Waals surface area contributed by atoms with Crippen LogP contribution < -0.4 is 11.2 Å². The van der Waals surface area contributed by atoms with Crippen molar-refractivity contribution in [2.24, 2.45) is 0 Å². The van der Waals surface area contributed by atoms with Crippen LogP contribution in [0.25, 0.3) is 0 Å². The highest BCUT2D eigenvalue weighted by Crippen LogP contribution is 2.38. The van der Waals surface area contributed by atoms with Crippen LogP contribution in [0.1, 0.15) is 75.7 Å². The lowest BCUT2D eigenvalue weighted by molar-refractivity contribution is -0.282. The number of nitrogens with zero attached hydrogens (tertiary/aromatic N) is 2. The minimum atomic E-state index is -1.12. The third-order valence-electron chi connectivity index (χ3n) is 9.48. The fourth-order valence-electron chi connectivity index (χ4n) is 7.00. The third-order valence-corrected chi connectivity index (χ3v) is 9.48. The highest BCUT2D eigenvalue weighted by atomic mass is 16.7. The van der Waals surface area contributed by atoms with Crippen molar-refractivity contribution in [3.63, 3.8) is 0 Å². The predicted octanol–water partition coefficient (Wildman–Crippen LogP) is 5.26. The molecule has 3 heterocycles. The molecule has 2 aliphatic rings. The summed E-state index contributed by atoms with van der Waals surface area (Å²) in [6.45, 7) is 11.5. The number of carbonyl (C=O) groups excluding carboxylic acids is 1. The maximum atomic E-state index is 14.1. The lowest BCUT2D eigenvalue weighted by Crippen LogP contribution is -2.53. The average Bonchev–Trinajstić information content (AvgIpc) is 3.49. The Morgan fingerprint density at radius 1 is 0.702 bits per heavy atom. The quantitative estimate of drug-likeness (QED) is 0.179. The van der Waals surface area contributed by atoms with Gasteiger partial charge in [-0.15, -0.1) is 0 Å². The predicted molar refractivity (Wildman–Crippen MR) is 211 cm³/mol. The van der Waals surface area contributed by atoms with Gasteiger partial charge < -0.3 is 38.3 Å². The molecule has 0 bridgehead atoms. The van der Waals surface area contributed by atoms with Crippen molar-refractivity contribution in [2.75, 3.05) is 13.2 Å². The van der Waals surface area contributed by atoms with Gasteiger partial charge in [-0.25, -0.2) is 4.79 Å². The van der Waals surface area contributed by atoms with E-state index >= 15 is 0 Å². The van der Waals surface area contributed by atoms with Gasteiger partial charge in [0.25, 0.3) is 11.5 Å². The molecule has 1 N–H and O–H groups in total. The third kappa shape index (κ3) is 11.0. The average molecular weight is 787 g/mol. The van der Waals surface area contributed by atoms with E-state index in [9.17, 15) is 19.5 Å². The van der Waals surface area contributed by atoms with Crippen molar-refractivity contribution in [3.8, 4) is 0 Å². The van der Waals surface area contributed by atoms with Crippen molar-refractivity contribution in [1.82, 2.24) is 9.13 Å². The standard InChI is InChI=1S/C44H54N2O11/c1-43(2,3)56-38-34(55-41(39(38)57-44(4,5)6)45-23-22-35(48)46(42(45)50)40(49)31-20-14-9-15-21-31)28-52-36-24-32(51-26-29-16-10-7-11-17-29)37(33(25-47)54-36)53-27-30-18-12-8-13-19-30/h7-23,32-34,36-39,41,47H,24-28H2,1-6H3/t32-,33-,34-,36+,37+,38-,39-,41-/m1/s1. The molecule has 8 atom stereocenters. The molecule has 13 heteroatoms. The van der Waals surface area contributed by atoms with E-state index in [1.165, 1.54) is 22.9 Å². The van der Waals surface area contributed by atoms with Gasteiger partial charge >= 0.3 is 5.69 Å². The number of aromatic nitrogens is 2. The number of carbonyl (C=O) groups is 1. The molecule has 2 fully saturated rings. The van der Waals surface area contributed by atoms with E-state index in [4.69, 9.17) is 33.2 Å². The summed E-state index contributed by atoms with van der Waals surface area (Å²) >= 11 is 0. The molecule has 0 unspecified atom stereocenters. The molecule has 13 nitrogen and oxygen atoms in total. The van der Waals surface area contributed by atoms with E-state index < -0.39 is 77.5 Å². The zero-order chi connectivity index (χ0) is 40.7. The Labute approximate surface area is 333 Å². The molecule has 0 aliphatic carbocycles. The second kappa shape index (κ2) is 18.5. The molecule has 1 aromatic heterocycles. The maximum Gasteiger partial charge on any atom is 0.340 e. The highest BCUT2D eigenvalue weighted by molar-refractivity contribution is 5.95. The van der Waals surface area contributed by atoms with Crippen molar-refractivity contribution in [3.05, 3.63) is 141 Å². The van der Waals surface area contributed by atoms with Gasteiger partial charge in [0.05, 0.1) is 43.7 Å². The van der Waals surface area contributed by atoms with E-state index in [-0.39, 0.29) is 25.2 Å². The van der Waals surface area contributed by atoms with Crippen LogP contribution in [0.3, 0.4) is 0 Å². The first-order valence-electron chi connectivity index (χ1n) is 19.3. The van der Waals surface area contributed by atoms with Crippen molar-refractivity contribution in [1.29, 1.82) is 0 Å². The Kier molecular flexibility index (Phi) is 13.7. The molecule has 0 saturated carbocycles. The molecule has 306 valence electrons. The lowest BCUT2D eigenvalue weighted by atomic mass is 10.0. The molecular formula is C44H54N2O11. The summed E-state index contributed by atoms with van der Waals surface area (Å²) in [5.74, 6) is -0.767. The molecule has 0 spiro atoms. The number of rotatable bonds is 14. The molecule has 0 amide bonds. The monoisotopic (exact) mass is 786 g/mol. The minimum Gasteiger partial charge on any atom is -0.394 e. The first kappa shape index (κ1) is 42.3. The number of aliphatic hydroxyl groups is 1. The maximum absolute atomic E-state index is 14.1. The zero-order valence-corrected chi connectivity index (χ0v) is 33.4. The molecule has 6 rings (SSSR count). The van der Waals surface area contributed by atoms with Crippen LogP contribution in [0.5, 0.6) is 0 Å². The van der Waals surface area contributed by atoms with E-state index in [0.717, 1.165) is 17.2 Å². The fourth-order valence-corrected chi connectivity index (χ4v) is 7.00. The van der Waals surface area contributed by atoms with E-state index in [1.807, 2.05) is 102 Å². The summed E-state index contributed by atoms with van der Waals surface area (Å²) in [5.41, 5.74) is -0.943. The van der Waals surface area contributed by atoms with Gasteiger partial charge in [0, 0.05) is 24.2 Å². The highest BCUT2D eigenvalue weighted by Gasteiger charge is 2.51. The van der Waals surface area contributed by atoms with Crippen LogP contribution in [0.15, 0.2) is 113 Å². The smallest absolute Gasteiger partial charge is 0.340 e. The SMILES string of the molecule is CC(C)(C)O[C@@H]1[C@H](OC(C)(C)C)[C@@H](CO[C@@H]2C[C@@H](OCc3ccccc3)[C@H](OCc3ccccc3)[C@@H](CO)O2)O[C@H]1n1ccc(=O)n(C(=O)c2ccccc2)c1=O. The van der Waals surface area contributed by atoms with Crippen LogP contribution in [0, 0.1) is 0 Å². The Balaban J connectivity index is 1.27. The van der Waals surface area contributed by atoms with Gasteiger partial charge in [0.1, 0.15) is 30.5 Å². The summed E-state index contributed by atoms with van der Waals surface area (Å²) in [5, 5.41) is 10.6. The summed E-state index contributed by atoms with van der Waals surface area (Å²) in [6.07, 6.45) is -4.75. The van der Waals surface area contributed by atoms with Gasteiger partial charge in [0.2, 0.25) is 0 Å². The van der Waals surface area contributed by atoms with Gasteiger partial charge in [0.15, 0.2) is 12.5 Å². The van der Waals surface area contributed by atoms with Crippen LogP contribution >= 0.6 is 0 Å². The Bertz CT molecular complexity index is 2010. The first-order valence-corrected chi connectivity index (χ1v) is 19.3. The number of hydrogen-bond donors (Lipinski definition) is 1. The van der Waals surface area contributed by atoms with E-state index in [2.05, 4.69) is 0 Å². The summed E-state index contributed by atoms with van der Waals surface area (Å²) in [7, 11) is 0. The van der Waals surface area contributed by atoms with Crippen molar-refractivity contribution in [2.45, 2.75) is 122 Å². The molecular weight excluding hydrogens is 732 g/mol. The summed E-state index contributed by atoms with van der Waals surface area (Å²) < 4.78 is 47.2. The molecule has 3 aromatic carbocycles. The number of hydrogen-bond acceptors (Lipinski definition) is 11. The van der Waals surface area contributed by atoms with Crippen LogP contribution in [0.4, 0.5) is 0 Å². The Morgan fingerprint density at radius 3 is 1.84 bits per heavy atom. The Hall–Kier alpha value is -4.31. The van der Waals surface area contributed by atoms with Crippen molar-refractivity contribution >= 4 is 5.91 Å². The molecule has 4 aromatic rings. The first-order chi connectivity index (χ1) is 27.2. The number of ether oxygens (including phenoxy) is 7. The lowest BCUT2D eigenvalue weighted by Gasteiger charge is -2.41. The molecule has 0 radical (unpaired) electrons. The van der Waals surface area contributed by atoms with Gasteiger partial charge in [-0.1, -0.05) is 78.9 Å².